The Hall–Kier alpha value is -2.76. The average Bonchev–Trinajstić information content (AvgIpc) is 3.20. The van der Waals surface area contributed by atoms with Crippen molar-refractivity contribution in [3.63, 3.8) is 0 Å². The molecule has 0 bridgehead atoms. The molecule has 0 atom stereocenters. The van der Waals surface area contributed by atoms with E-state index >= 15 is 0 Å². The summed E-state index contributed by atoms with van der Waals surface area (Å²) in [5, 5.41) is 3.28. The van der Waals surface area contributed by atoms with Crippen molar-refractivity contribution in [3.05, 3.63) is 48.3 Å². The minimum Gasteiger partial charge on any atom is -0.338 e. The zero-order valence-corrected chi connectivity index (χ0v) is 22.0. The maximum Gasteiger partial charge on any atom is 0.322 e. The van der Waals surface area contributed by atoms with Crippen molar-refractivity contribution in [2.75, 3.05) is 62.9 Å². The van der Waals surface area contributed by atoms with Crippen LogP contribution in [0.2, 0.25) is 0 Å². The molecule has 10 nitrogen and oxygen atoms in total. The van der Waals surface area contributed by atoms with Gasteiger partial charge in [0.15, 0.2) is 0 Å². The van der Waals surface area contributed by atoms with E-state index in [2.05, 4.69) is 64.6 Å². The first-order chi connectivity index (χ1) is 17.1. The Kier molecular flexibility index (Phi) is 6.42. The number of nitrogens with one attached hydrogen (secondary N) is 1. The molecule has 1 N–H and O–H groups in total. The molecular formula is C25H35N7O3S. The van der Waals surface area contributed by atoms with Gasteiger partial charge in [-0.3, -0.25) is 9.80 Å². The van der Waals surface area contributed by atoms with Gasteiger partial charge in [0.05, 0.1) is 36.4 Å². The Morgan fingerprint density at radius 1 is 0.944 bits per heavy atom. The molecule has 5 rings (SSSR count). The van der Waals surface area contributed by atoms with Crippen LogP contribution < -0.4 is 15.1 Å². The van der Waals surface area contributed by atoms with Crippen LogP contribution in [0, 0.1) is 0 Å². The fraction of sp³-hybridized carbons (Fsp3) is 0.560. The van der Waals surface area contributed by atoms with Crippen LogP contribution in [0.5, 0.6) is 0 Å². The first-order valence-electron chi connectivity index (χ1n) is 12.5. The highest BCUT2D eigenvalue weighted by Gasteiger charge is 2.50. The zero-order valence-electron chi connectivity index (χ0n) is 21.2. The van der Waals surface area contributed by atoms with Gasteiger partial charge in [-0.2, -0.15) is 4.31 Å². The van der Waals surface area contributed by atoms with Crippen LogP contribution in [0.25, 0.3) is 0 Å². The lowest BCUT2D eigenvalue weighted by atomic mass is 9.69. The number of carbonyl (C=O) groups excluding carboxylic acids is 1. The predicted octanol–water partition coefficient (Wildman–Crippen LogP) is 1.86. The number of carbonyl (C=O) groups is 1. The van der Waals surface area contributed by atoms with Gasteiger partial charge in [0, 0.05) is 31.7 Å². The minimum atomic E-state index is -3.19. The standard InChI is InChI=1S/C25H35N7O3S/c1-29(2)25(20-7-5-4-6-8-20)11-9-24(10-12-25)19-32(23(33)28-24)21-17-26-22(27-18-21)30-13-15-31(16-14-30)36(3,34)35/h4-8,17-18H,9-16,19H2,1-3H3,(H,28,33)/t24-,25+. The third kappa shape index (κ3) is 4.55. The molecule has 1 saturated carbocycles. The monoisotopic (exact) mass is 513 g/mol. The number of hydrogen-bond acceptors (Lipinski definition) is 7. The van der Waals surface area contributed by atoms with E-state index in [1.165, 1.54) is 16.1 Å². The Labute approximate surface area is 213 Å². The molecule has 2 amide bonds. The second-order valence-electron chi connectivity index (χ2n) is 10.5. The van der Waals surface area contributed by atoms with Crippen molar-refractivity contribution >= 4 is 27.7 Å². The summed E-state index contributed by atoms with van der Waals surface area (Å²) in [4.78, 5) is 28.1. The van der Waals surface area contributed by atoms with E-state index in [9.17, 15) is 13.2 Å². The molecule has 3 heterocycles. The third-order valence-corrected chi connectivity index (χ3v) is 9.51. The smallest absolute Gasteiger partial charge is 0.322 e. The van der Waals surface area contributed by atoms with Gasteiger partial charge in [-0.25, -0.2) is 23.2 Å². The molecule has 1 aromatic heterocycles. The van der Waals surface area contributed by atoms with Crippen LogP contribution in [-0.4, -0.2) is 92.2 Å². The van der Waals surface area contributed by atoms with Crippen molar-refractivity contribution in [1.29, 1.82) is 0 Å². The second-order valence-corrected chi connectivity index (χ2v) is 12.5. The van der Waals surface area contributed by atoms with Gasteiger partial charge in [0.1, 0.15) is 0 Å². The fourth-order valence-electron chi connectivity index (χ4n) is 5.92. The number of hydrogen-bond donors (Lipinski definition) is 1. The highest BCUT2D eigenvalue weighted by atomic mass is 32.2. The van der Waals surface area contributed by atoms with Crippen LogP contribution in [0.3, 0.4) is 0 Å². The summed E-state index contributed by atoms with van der Waals surface area (Å²) in [6.45, 7) is 2.50. The lowest BCUT2D eigenvalue weighted by Crippen LogP contribution is -2.54. The molecule has 36 heavy (non-hydrogen) atoms. The molecule has 2 aliphatic heterocycles. The highest BCUT2D eigenvalue weighted by molar-refractivity contribution is 7.88. The lowest BCUT2D eigenvalue weighted by molar-refractivity contribution is 0.0658. The SMILES string of the molecule is CN(C)[C@]1(c2ccccc2)CC[C@]2(CC1)CN(c1cnc(N3CCN(S(C)(=O)=O)CC3)nc1)C(=O)N2. The second kappa shape index (κ2) is 9.28. The number of aromatic nitrogens is 2. The number of benzene rings is 1. The lowest BCUT2D eigenvalue weighted by Gasteiger charge is -2.48. The molecule has 2 saturated heterocycles. The minimum absolute atomic E-state index is 0.0312. The molecule has 11 heteroatoms. The molecule has 3 aliphatic rings. The van der Waals surface area contributed by atoms with Crippen molar-refractivity contribution in [3.8, 4) is 0 Å². The number of anilines is 2. The van der Waals surface area contributed by atoms with Gasteiger partial charge in [-0.1, -0.05) is 30.3 Å². The topological polar surface area (TPSA) is 102 Å². The predicted molar refractivity (Wildman–Crippen MR) is 140 cm³/mol. The summed E-state index contributed by atoms with van der Waals surface area (Å²) < 4.78 is 25.0. The van der Waals surface area contributed by atoms with Crippen molar-refractivity contribution in [2.24, 2.45) is 0 Å². The Balaban J connectivity index is 1.25. The number of urea groups is 1. The van der Waals surface area contributed by atoms with Crippen LogP contribution in [0.1, 0.15) is 31.2 Å². The first kappa shape index (κ1) is 24.9. The van der Waals surface area contributed by atoms with Gasteiger partial charge in [0.25, 0.3) is 0 Å². The maximum atomic E-state index is 13.0. The van der Waals surface area contributed by atoms with E-state index < -0.39 is 10.0 Å². The fourth-order valence-corrected chi connectivity index (χ4v) is 6.75. The van der Waals surface area contributed by atoms with Gasteiger partial charge in [0.2, 0.25) is 16.0 Å². The summed E-state index contributed by atoms with van der Waals surface area (Å²) in [6, 6.07) is 10.5. The summed E-state index contributed by atoms with van der Waals surface area (Å²) >= 11 is 0. The number of nitrogens with zero attached hydrogens (tertiary/aromatic N) is 6. The van der Waals surface area contributed by atoms with Gasteiger partial charge in [-0.05, 0) is 45.3 Å². The molecule has 1 aliphatic carbocycles. The van der Waals surface area contributed by atoms with E-state index in [4.69, 9.17) is 0 Å². The van der Waals surface area contributed by atoms with Crippen molar-refractivity contribution in [2.45, 2.75) is 36.8 Å². The summed E-state index contributed by atoms with van der Waals surface area (Å²) in [5.74, 6) is 0.553. The third-order valence-electron chi connectivity index (χ3n) is 8.21. The summed E-state index contributed by atoms with van der Waals surface area (Å²) in [7, 11) is 1.10. The summed E-state index contributed by atoms with van der Waals surface area (Å²) in [5.41, 5.74) is 1.71. The van der Waals surface area contributed by atoms with E-state index in [0.717, 1.165) is 25.7 Å². The Bertz CT molecular complexity index is 1190. The molecule has 0 radical (unpaired) electrons. The van der Waals surface area contributed by atoms with Crippen LogP contribution >= 0.6 is 0 Å². The zero-order chi connectivity index (χ0) is 25.6. The van der Waals surface area contributed by atoms with Gasteiger partial charge < -0.3 is 10.2 Å². The van der Waals surface area contributed by atoms with Crippen LogP contribution in [0.15, 0.2) is 42.7 Å². The van der Waals surface area contributed by atoms with Crippen LogP contribution in [-0.2, 0) is 15.6 Å². The molecule has 0 unspecified atom stereocenters. The van der Waals surface area contributed by atoms with E-state index in [-0.39, 0.29) is 17.1 Å². The quantitative estimate of drug-likeness (QED) is 0.651. The largest absolute Gasteiger partial charge is 0.338 e. The summed E-state index contributed by atoms with van der Waals surface area (Å²) in [6.07, 6.45) is 8.34. The van der Waals surface area contributed by atoms with Gasteiger partial charge in [-0.15, -0.1) is 0 Å². The number of amides is 2. The highest BCUT2D eigenvalue weighted by Crippen LogP contribution is 2.46. The van der Waals surface area contributed by atoms with Crippen molar-refractivity contribution in [1.82, 2.24) is 24.5 Å². The number of sulfonamides is 1. The number of piperazine rings is 1. The Morgan fingerprint density at radius 3 is 2.11 bits per heavy atom. The Morgan fingerprint density at radius 2 is 1.56 bits per heavy atom. The molecular weight excluding hydrogens is 478 g/mol. The molecule has 1 aromatic carbocycles. The van der Waals surface area contributed by atoms with Gasteiger partial charge >= 0.3 is 6.03 Å². The maximum absolute atomic E-state index is 13.0. The molecule has 194 valence electrons. The van der Waals surface area contributed by atoms with Crippen LogP contribution in [0.4, 0.5) is 16.4 Å². The van der Waals surface area contributed by atoms with E-state index in [1.807, 2.05) is 4.90 Å². The van der Waals surface area contributed by atoms with E-state index in [0.29, 0.717) is 44.4 Å². The average molecular weight is 514 g/mol. The normalized spacial score (nSPS) is 27.6. The molecule has 1 spiro atoms. The molecule has 2 aromatic rings. The number of rotatable bonds is 5. The molecule has 3 fully saturated rings. The van der Waals surface area contributed by atoms with Crippen molar-refractivity contribution < 1.29 is 13.2 Å². The first-order valence-corrected chi connectivity index (χ1v) is 14.3. The van der Waals surface area contributed by atoms with E-state index in [1.54, 1.807) is 17.3 Å².